The SMILES string of the molecule is CCC(CC)Oc1ccc(F)cc1C(C)N. The number of rotatable bonds is 5. The molecule has 16 heavy (non-hydrogen) atoms. The Morgan fingerprint density at radius 3 is 2.44 bits per heavy atom. The zero-order valence-electron chi connectivity index (χ0n) is 10.2. The van der Waals surface area contributed by atoms with Gasteiger partial charge in [-0.1, -0.05) is 13.8 Å². The van der Waals surface area contributed by atoms with Crippen molar-refractivity contribution in [1.82, 2.24) is 0 Å². The summed E-state index contributed by atoms with van der Waals surface area (Å²) in [5.41, 5.74) is 6.52. The van der Waals surface area contributed by atoms with Crippen molar-refractivity contribution in [3.8, 4) is 5.75 Å². The topological polar surface area (TPSA) is 35.2 Å². The van der Waals surface area contributed by atoms with Crippen molar-refractivity contribution in [2.24, 2.45) is 5.73 Å². The van der Waals surface area contributed by atoms with Gasteiger partial charge in [0.1, 0.15) is 11.6 Å². The van der Waals surface area contributed by atoms with Gasteiger partial charge in [0, 0.05) is 11.6 Å². The number of hydrogen-bond donors (Lipinski definition) is 1. The van der Waals surface area contributed by atoms with E-state index in [-0.39, 0.29) is 18.0 Å². The molecule has 1 atom stereocenters. The average Bonchev–Trinajstić information content (AvgIpc) is 2.27. The lowest BCUT2D eigenvalue weighted by molar-refractivity contribution is 0.190. The molecule has 2 N–H and O–H groups in total. The van der Waals surface area contributed by atoms with E-state index < -0.39 is 0 Å². The molecule has 90 valence electrons. The Morgan fingerprint density at radius 2 is 1.94 bits per heavy atom. The van der Waals surface area contributed by atoms with Gasteiger partial charge < -0.3 is 10.5 Å². The summed E-state index contributed by atoms with van der Waals surface area (Å²) in [4.78, 5) is 0. The van der Waals surface area contributed by atoms with E-state index in [0.717, 1.165) is 18.4 Å². The maximum Gasteiger partial charge on any atom is 0.124 e. The molecule has 0 aliphatic heterocycles. The Kier molecular flexibility index (Phi) is 4.74. The standard InChI is InChI=1S/C13H20FNO/c1-4-11(5-2)16-13-7-6-10(14)8-12(13)9(3)15/h6-9,11H,4-5,15H2,1-3H3. The molecule has 1 aromatic rings. The molecule has 0 spiro atoms. The van der Waals surface area contributed by atoms with Crippen LogP contribution in [-0.4, -0.2) is 6.10 Å². The third-order valence-corrected chi connectivity index (χ3v) is 2.67. The van der Waals surface area contributed by atoms with Crippen LogP contribution in [0.2, 0.25) is 0 Å². The summed E-state index contributed by atoms with van der Waals surface area (Å²) in [6.07, 6.45) is 2.04. The molecule has 0 amide bonds. The number of ether oxygens (including phenoxy) is 1. The lowest BCUT2D eigenvalue weighted by Crippen LogP contribution is -2.16. The van der Waals surface area contributed by atoms with Crippen molar-refractivity contribution in [1.29, 1.82) is 0 Å². The third-order valence-electron chi connectivity index (χ3n) is 2.67. The molecule has 1 aromatic carbocycles. The number of hydrogen-bond acceptors (Lipinski definition) is 2. The van der Waals surface area contributed by atoms with Gasteiger partial charge in [-0.05, 0) is 38.0 Å². The van der Waals surface area contributed by atoms with Gasteiger partial charge in [-0.15, -0.1) is 0 Å². The summed E-state index contributed by atoms with van der Waals surface area (Å²) in [6.45, 7) is 5.97. The molecule has 0 radical (unpaired) electrons. The molecule has 0 bridgehead atoms. The quantitative estimate of drug-likeness (QED) is 0.833. The number of halogens is 1. The number of benzene rings is 1. The second-order valence-corrected chi connectivity index (χ2v) is 4.03. The van der Waals surface area contributed by atoms with Crippen molar-refractivity contribution in [2.45, 2.75) is 45.8 Å². The molecule has 1 rings (SSSR count). The molecular formula is C13H20FNO. The Labute approximate surface area is 96.6 Å². The molecule has 0 saturated carbocycles. The van der Waals surface area contributed by atoms with E-state index in [4.69, 9.17) is 10.5 Å². The van der Waals surface area contributed by atoms with Crippen LogP contribution in [0.15, 0.2) is 18.2 Å². The fraction of sp³-hybridized carbons (Fsp3) is 0.538. The van der Waals surface area contributed by atoms with E-state index >= 15 is 0 Å². The van der Waals surface area contributed by atoms with Gasteiger partial charge in [-0.3, -0.25) is 0 Å². The van der Waals surface area contributed by atoms with E-state index in [1.165, 1.54) is 12.1 Å². The highest BCUT2D eigenvalue weighted by molar-refractivity contribution is 5.36. The van der Waals surface area contributed by atoms with Crippen molar-refractivity contribution < 1.29 is 9.13 Å². The van der Waals surface area contributed by atoms with Gasteiger partial charge >= 0.3 is 0 Å². The molecular weight excluding hydrogens is 205 g/mol. The van der Waals surface area contributed by atoms with Crippen LogP contribution >= 0.6 is 0 Å². The van der Waals surface area contributed by atoms with Crippen molar-refractivity contribution in [3.05, 3.63) is 29.6 Å². The van der Waals surface area contributed by atoms with E-state index in [2.05, 4.69) is 13.8 Å². The van der Waals surface area contributed by atoms with Crippen LogP contribution in [0, 0.1) is 5.82 Å². The van der Waals surface area contributed by atoms with Gasteiger partial charge in [0.2, 0.25) is 0 Å². The highest BCUT2D eigenvalue weighted by Crippen LogP contribution is 2.26. The van der Waals surface area contributed by atoms with Crippen LogP contribution in [0.5, 0.6) is 5.75 Å². The van der Waals surface area contributed by atoms with E-state index in [0.29, 0.717) is 5.75 Å². The lowest BCUT2D eigenvalue weighted by Gasteiger charge is -2.19. The van der Waals surface area contributed by atoms with Gasteiger partial charge in [0.25, 0.3) is 0 Å². The summed E-state index contributed by atoms with van der Waals surface area (Å²) in [5.74, 6) is 0.425. The average molecular weight is 225 g/mol. The Bertz CT molecular complexity index is 335. The molecule has 0 aromatic heterocycles. The molecule has 0 fully saturated rings. The van der Waals surface area contributed by atoms with Gasteiger partial charge in [0.05, 0.1) is 6.10 Å². The zero-order valence-corrected chi connectivity index (χ0v) is 10.2. The van der Waals surface area contributed by atoms with Crippen LogP contribution in [0.25, 0.3) is 0 Å². The van der Waals surface area contributed by atoms with E-state index in [9.17, 15) is 4.39 Å². The van der Waals surface area contributed by atoms with Crippen LogP contribution in [0.3, 0.4) is 0 Å². The highest BCUT2D eigenvalue weighted by atomic mass is 19.1. The minimum Gasteiger partial charge on any atom is -0.490 e. The molecule has 3 heteroatoms. The molecule has 0 aliphatic carbocycles. The molecule has 2 nitrogen and oxygen atoms in total. The fourth-order valence-electron chi connectivity index (χ4n) is 1.62. The van der Waals surface area contributed by atoms with Crippen LogP contribution < -0.4 is 10.5 Å². The first kappa shape index (κ1) is 13.0. The first-order valence-electron chi connectivity index (χ1n) is 5.80. The third kappa shape index (κ3) is 3.20. The second kappa shape index (κ2) is 5.85. The van der Waals surface area contributed by atoms with Crippen molar-refractivity contribution in [3.63, 3.8) is 0 Å². The summed E-state index contributed by atoms with van der Waals surface area (Å²) < 4.78 is 18.9. The van der Waals surface area contributed by atoms with Gasteiger partial charge in [-0.25, -0.2) is 4.39 Å². The summed E-state index contributed by atoms with van der Waals surface area (Å²) in [6, 6.07) is 4.29. The van der Waals surface area contributed by atoms with Crippen LogP contribution in [0.4, 0.5) is 4.39 Å². The largest absolute Gasteiger partial charge is 0.490 e. The Morgan fingerprint density at radius 1 is 1.31 bits per heavy atom. The summed E-state index contributed by atoms with van der Waals surface area (Å²) in [7, 11) is 0. The van der Waals surface area contributed by atoms with E-state index in [1.54, 1.807) is 6.07 Å². The first-order chi connectivity index (χ1) is 7.58. The van der Waals surface area contributed by atoms with Crippen molar-refractivity contribution in [2.75, 3.05) is 0 Å². The maximum atomic E-state index is 13.1. The minimum atomic E-state index is -0.274. The molecule has 0 heterocycles. The molecule has 1 unspecified atom stereocenters. The normalized spacial score (nSPS) is 12.9. The lowest BCUT2D eigenvalue weighted by atomic mass is 10.1. The first-order valence-corrected chi connectivity index (χ1v) is 5.80. The van der Waals surface area contributed by atoms with Gasteiger partial charge in [-0.2, -0.15) is 0 Å². The smallest absolute Gasteiger partial charge is 0.124 e. The summed E-state index contributed by atoms with van der Waals surface area (Å²) in [5, 5.41) is 0. The Hall–Kier alpha value is -1.09. The van der Waals surface area contributed by atoms with Crippen LogP contribution in [0.1, 0.15) is 45.2 Å². The predicted molar refractivity (Wildman–Crippen MR) is 64.0 cm³/mol. The zero-order chi connectivity index (χ0) is 12.1. The molecule has 0 saturated heterocycles. The fourth-order valence-corrected chi connectivity index (χ4v) is 1.62. The Balaban J connectivity index is 2.94. The van der Waals surface area contributed by atoms with E-state index in [1.807, 2.05) is 6.92 Å². The monoisotopic (exact) mass is 225 g/mol. The van der Waals surface area contributed by atoms with Crippen LogP contribution in [-0.2, 0) is 0 Å². The second-order valence-electron chi connectivity index (χ2n) is 4.03. The van der Waals surface area contributed by atoms with Gasteiger partial charge in [0.15, 0.2) is 0 Å². The number of nitrogens with two attached hydrogens (primary N) is 1. The maximum absolute atomic E-state index is 13.1. The summed E-state index contributed by atoms with van der Waals surface area (Å²) >= 11 is 0. The minimum absolute atomic E-state index is 0.169. The molecule has 0 aliphatic rings. The highest BCUT2D eigenvalue weighted by Gasteiger charge is 2.12. The van der Waals surface area contributed by atoms with Crippen molar-refractivity contribution >= 4 is 0 Å². The predicted octanol–water partition coefficient (Wildman–Crippen LogP) is 3.41.